The van der Waals surface area contributed by atoms with Gasteiger partial charge in [-0.15, -0.1) is 0 Å². The number of amides is 1. The van der Waals surface area contributed by atoms with Crippen LogP contribution in [0.1, 0.15) is 104 Å². The standard InChI is InChI=1S/C40H57Cl2N3O6/c1-6-8-9-19-39(3,4)28-40(5,7-2)27-35(47)51-37(38(48)49)45-33-26-30(17-15-29(33)16-18-34(45)46)50-25-11-10-20-43-21-23-44(24-22-43)32-14-12-13-31(41)36(32)42/h12-15,17,26,37H,6-11,16,18-25,27-28H2,1-5H3,(H,48,49). The van der Waals surface area contributed by atoms with E-state index in [9.17, 15) is 19.5 Å². The molecule has 2 atom stereocenters. The van der Waals surface area contributed by atoms with Gasteiger partial charge in [0.25, 0.3) is 6.23 Å². The highest BCUT2D eigenvalue weighted by Crippen LogP contribution is 2.42. The van der Waals surface area contributed by atoms with Gasteiger partial charge in [0.15, 0.2) is 0 Å². The van der Waals surface area contributed by atoms with Crippen LogP contribution >= 0.6 is 23.2 Å². The number of carboxylic acid groups (broad SMARTS) is 1. The normalized spacial score (nSPS) is 17.1. The molecule has 2 aliphatic rings. The summed E-state index contributed by atoms with van der Waals surface area (Å²) in [7, 11) is 0. The minimum atomic E-state index is -1.76. The summed E-state index contributed by atoms with van der Waals surface area (Å²) in [5.41, 5.74) is 1.88. The molecule has 0 bridgehead atoms. The lowest BCUT2D eigenvalue weighted by Gasteiger charge is -2.38. The number of aryl methyl sites for hydroxylation is 1. The number of fused-ring (bicyclic) bond motifs is 1. The Morgan fingerprint density at radius 1 is 0.941 bits per heavy atom. The van der Waals surface area contributed by atoms with Gasteiger partial charge in [-0.1, -0.05) is 95.6 Å². The molecule has 9 nitrogen and oxygen atoms in total. The van der Waals surface area contributed by atoms with Gasteiger partial charge in [0.1, 0.15) is 5.75 Å². The Kier molecular flexibility index (Phi) is 14.9. The van der Waals surface area contributed by atoms with Crippen LogP contribution in [0.15, 0.2) is 36.4 Å². The second-order valence-corrected chi connectivity index (χ2v) is 16.1. The van der Waals surface area contributed by atoms with E-state index in [0.717, 1.165) is 93.8 Å². The third kappa shape index (κ3) is 11.5. The van der Waals surface area contributed by atoms with Crippen molar-refractivity contribution < 1.29 is 29.0 Å². The Bertz CT molecular complexity index is 1490. The zero-order valence-electron chi connectivity index (χ0n) is 31.1. The van der Waals surface area contributed by atoms with Crippen LogP contribution in [0.3, 0.4) is 0 Å². The number of rotatable bonds is 19. The third-order valence-corrected chi connectivity index (χ3v) is 11.3. The zero-order valence-corrected chi connectivity index (χ0v) is 32.7. The van der Waals surface area contributed by atoms with E-state index in [0.29, 0.717) is 34.5 Å². The predicted octanol–water partition coefficient (Wildman–Crippen LogP) is 9.01. The van der Waals surface area contributed by atoms with E-state index in [1.807, 2.05) is 24.3 Å². The number of hydrogen-bond acceptors (Lipinski definition) is 7. The summed E-state index contributed by atoms with van der Waals surface area (Å²) in [6, 6.07) is 11.1. The Morgan fingerprint density at radius 3 is 2.37 bits per heavy atom. The molecule has 2 unspecified atom stereocenters. The minimum absolute atomic E-state index is 0.0352. The Hall–Kier alpha value is -3.01. The van der Waals surface area contributed by atoms with Crippen molar-refractivity contribution in [3.05, 3.63) is 52.0 Å². The molecule has 2 aromatic carbocycles. The summed E-state index contributed by atoms with van der Waals surface area (Å²) >= 11 is 12.6. The highest BCUT2D eigenvalue weighted by Gasteiger charge is 2.40. The topological polar surface area (TPSA) is 99.6 Å². The summed E-state index contributed by atoms with van der Waals surface area (Å²) in [6.07, 6.45) is 6.81. The quantitative estimate of drug-likeness (QED) is 0.112. The number of carbonyl (C=O) groups is 3. The molecule has 0 spiro atoms. The molecule has 2 aliphatic heterocycles. The van der Waals surface area contributed by atoms with Crippen molar-refractivity contribution in [3.63, 3.8) is 0 Å². The predicted molar refractivity (Wildman–Crippen MR) is 205 cm³/mol. The number of unbranched alkanes of at least 4 members (excludes halogenated alkanes) is 3. The van der Waals surface area contributed by atoms with Crippen molar-refractivity contribution in [2.75, 3.05) is 49.1 Å². The fourth-order valence-corrected chi connectivity index (χ4v) is 7.95. The van der Waals surface area contributed by atoms with Crippen molar-refractivity contribution in [1.82, 2.24) is 4.90 Å². The number of hydrogen-bond donors (Lipinski definition) is 1. The van der Waals surface area contributed by atoms with Gasteiger partial charge in [-0.25, -0.2) is 4.79 Å². The van der Waals surface area contributed by atoms with Gasteiger partial charge in [0.05, 0.1) is 34.4 Å². The fourth-order valence-electron chi connectivity index (χ4n) is 7.54. The van der Waals surface area contributed by atoms with E-state index in [1.54, 1.807) is 12.1 Å². The molecule has 0 saturated carbocycles. The van der Waals surface area contributed by atoms with Gasteiger partial charge in [0, 0.05) is 38.7 Å². The minimum Gasteiger partial charge on any atom is -0.494 e. The van der Waals surface area contributed by atoms with E-state index in [2.05, 4.69) is 44.4 Å². The van der Waals surface area contributed by atoms with Gasteiger partial charge in [-0.3, -0.25) is 19.4 Å². The molecule has 1 saturated heterocycles. The first kappa shape index (κ1) is 40.8. The summed E-state index contributed by atoms with van der Waals surface area (Å²) < 4.78 is 11.7. The number of carbonyl (C=O) groups excluding carboxylic acids is 2. The summed E-state index contributed by atoms with van der Waals surface area (Å²) in [5.74, 6) is -1.85. The molecular formula is C40H57Cl2N3O6. The van der Waals surface area contributed by atoms with Crippen LogP contribution in [0.4, 0.5) is 11.4 Å². The zero-order chi connectivity index (χ0) is 37.2. The van der Waals surface area contributed by atoms with Gasteiger partial charge in [-0.05, 0) is 73.2 Å². The van der Waals surface area contributed by atoms with Crippen LogP contribution in [0.25, 0.3) is 0 Å². The number of esters is 1. The number of benzene rings is 2. The summed E-state index contributed by atoms with van der Waals surface area (Å²) in [5, 5.41) is 11.4. The molecule has 4 rings (SSSR count). The van der Waals surface area contributed by atoms with Crippen molar-refractivity contribution in [2.24, 2.45) is 10.8 Å². The smallest absolute Gasteiger partial charge is 0.367 e. The lowest BCUT2D eigenvalue weighted by Crippen LogP contribution is -2.50. The van der Waals surface area contributed by atoms with Gasteiger partial charge >= 0.3 is 11.9 Å². The lowest BCUT2D eigenvalue weighted by atomic mass is 9.69. The fraction of sp³-hybridized carbons (Fsp3) is 0.625. The molecule has 51 heavy (non-hydrogen) atoms. The third-order valence-electron chi connectivity index (χ3n) is 10.5. The van der Waals surface area contributed by atoms with Crippen LogP contribution in [0, 0.1) is 10.8 Å². The number of carboxylic acids is 1. The average Bonchev–Trinajstić information content (AvgIpc) is 3.08. The Balaban J connectivity index is 1.31. The molecule has 1 fully saturated rings. The average molecular weight is 747 g/mol. The number of halogens is 2. The van der Waals surface area contributed by atoms with Gasteiger partial charge in [0.2, 0.25) is 5.91 Å². The van der Waals surface area contributed by atoms with Gasteiger partial charge < -0.3 is 19.5 Å². The van der Waals surface area contributed by atoms with Crippen LogP contribution in [-0.4, -0.2) is 73.4 Å². The van der Waals surface area contributed by atoms with Gasteiger partial charge in [-0.2, -0.15) is 0 Å². The molecule has 282 valence electrons. The number of nitrogens with zero attached hydrogens (tertiary/aromatic N) is 3. The number of piperazine rings is 1. The van der Waals surface area contributed by atoms with Crippen LogP contribution < -0.4 is 14.5 Å². The first-order valence-electron chi connectivity index (χ1n) is 18.7. The maximum Gasteiger partial charge on any atom is 0.367 e. The largest absolute Gasteiger partial charge is 0.494 e. The maximum atomic E-state index is 13.4. The first-order chi connectivity index (χ1) is 24.3. The molecular weight excluding hydrogens is 689 g/mol. The summed E-state index contributed by atoms with van der Waals surface area (Å²) in [6.45, 7) is 15.8. The Morgan fingerprint density at radius 2 is 1.69 bits per heavy atom. The highest BCUT2D eigenvalue weighted by molar-refractivity contribution is 6.43. The Labute approximate surface area is 314 Å². The number of anilines is 2. The van der Waals surface area contributed by atoms with E-state index < -0.39 is 24.1 Å². The number of ether oxygens (including phenoxy) is 2. The highest BCUT2D eigenvalue weighted by atomic mass is 35.5. The summed E-state index contributed by atoms with van der Waals surface area (Å²) in [4.78, 5) is 45.0. The van der Waals surface area contributed by atoms with Crippen LogP contribution in [-0.2, 0) is 25.5 Å². The van der Waals surface area contributed by atoms with Crippen molar-refractivity contribution >= 4 is 52.4 Å². The van der Waals surface area contributed by atoms with Crippen molar-refractivity contribution in [1.29, 1.82) is 0 Å². The monoisotopic (exact) mass is 745 g/mol. The SMILES string of the molecule is CCCCCC(C)(C)CC(C)(CC)CC(=O)OC(C(=O)O)N1C(=O)CCc2ccc(OCCCCN3CCN(c4cccc(Cl)c4Cl)CC3)cc21. The molecule has 1 N–H and O–H groups in total. The molecule has 0 aliphatic carbocycles. The van der Waals surface area contributed by atoms with Crippen molar-refractivity contribution in [3.8, 4) is 5.75 Å². The van der Waals surface area contributed by atoms with Crippen LogP contribution in [0.5, 0.6) is 5.75 Å². The molecule has 2 aromatic rings. The first-order valence-corrected chi connectivity index (χ1v) is 19.4. The molecule has 0 radical (unpaired) electrons. The number of aliphatic carboxylic acids is 1. The van der Waals surface area contributed by atoms with Crippen molar-refractivity contribution in [2.45, 2.75) is 111 Å². The van der Waals surface area contributed by atoms with E-state index in [1.165, 1.54) is 6.42 Å². The molecule has 11 heteroatoms. The van der Waals surface area contributed by atoms with E-state index in [-0.39, 0.29) is 23.7 Å². The second-order valence-electron chi connectivity index (χ2n) is 15.3. The molecule has 2 heterocycles. The van der Waals surface area contributed by atoms with E-state index in [4.69, 9.17) is 32.7 Å². The lowest BCUT2D eigenvalue weighted by molar-refractivity contribution is -0.166. The van der Waals surface area contributed by atoms with Crippen LogP contribution in [0.2, 0.25) is 10.0 Å². The molecule has 1 amide bonds. The maximum absolute atomic E-state index is 13.4. The molecule has 0 aromatic heterocycles. The second kappa shape index (κ2) is 18.7. The van der Waals surface area contributed by atoms with E-state index >= 15 is 0 Å².